The van der Waals surface area contributed by atoms with Gasteiger partial charge >= 0.3 is 11.8 Å². The zero-order valence-electron chi connectivity index (χ0n) is 11.7. The van der Waals surface area contributed by atoms with E-state index in [2.05, 4.69) is 33.5 Å². The first-order valence-corrected chi connectivity index (χ1v) is 7.77. The molecule has 0 saturated heterocycles. The molecule has 0 fully saturated rings. The zero-order valence-corrected chi connectivity index (χ0v) is 13.3. The average molecular weight is 341 g/mol. The molecule has 1 aromatic rings. The van der Waals surface area contributed by atoms with Gasteiger partial charge in [-0.1, -0.05) is 48.5 Å². The molecule has 0 heterocycles. The molecule has 2 N–H and O–H groups in total. The number of rotatable bonds is 7. The highest BCUT2D eigenvalue weighted by atomic mass is 79.9. The van der Waals surface area contributed by atoms with Crippen molar-refractivity contribution in [1.82, 2.24) is 5.32 Å². The smallest absolute Gasteiger partial charge is 0.313 e. The number of anilines is 1. The van der Waals surface area contributed by atoms with Crippen molar-refractivity contribution < 1.29 is 9.59 Å². The first-order chi connectivity index (χ1) is 9.63. The van der Waals surface area contributed by atoms with Gasteiger partial charge in [-0.2, -0.15) is 0 Å². The number of hydrogen-bond donors (Lipinski definition) is 2. The largest absolute Gasteiger partial charge is 0.348 e. The van der Waals surface area contributed by atoms with Gasteiger partial charge in [0.05, 0.1) is 0 Å². The van der Waals surface area contributed by atoms with Crippen molar-refractivity contribution in [2.45, 2.75) is 39.0 Å². The fourth-order valence-electron chi connectivity index (χ4n) is 1.73. The van der Waals surface area contributed by atoms with Crippen LogP contribution in [0.5, 0.6) is 0 Å². The third kappa shape index (κ3) is 6.70. The number of amides is 2. The third-order valence-electron chi connectivity index (χ3n) is 2.87. The van der Waals surface area contributed by atoms with Crippen LogP contribution in [0.2, 0.25) is 0 Å². The van der Waals surface area contributed by atoms with Gasteiger partial charge in [-0.25, -0.2) is 0 Å². The Morgan fingerprint density at radius 2 is 1.65 bits per heavy atom. The van der Waals surface area contributed by atoms with Gasteiger partial charge in [0, 0.05) is 16.7 Å². The van der Waals surface area contributed by atoms with Crippen LogP contribution in [0, 0.1) is 0 Å². The van der Waals surface area contributed by atoms with Gasteiger partial charge in [0.15, 0.2) is 0 Å². The highest BCUT2D eigenvalue weighted by Gasteiger charge is 2.12. The van der Waals surface area contributed by atoms with Gasteiger partial charge in [0.2, 0.25) is 0 Å². The van der Waals surface area contributed by atoms with E-state index < -0.39 is 11.8 Å². The quantitative estimate of drug-likeness (QED) is 0.589. The molecule has 0 unspecified atom stereocenters. The van der Waals surface area contributed by atoms with E-state index in [9.17, 15) is 9.59 Å². The number of nitrogens with one attached hydrogen (secondary N) is 2. The van der Waals surface area contributed by atoms with Gasteiger partial charge in [0.25, 0.3) is 0 Å². The summed E-state index contributed by atoms with van der Waals surface area (Å²) in [5, 5.41) is 5.19. The summed E-state index contributed by atoms with van der Waals surface area (Å²) in [7, 11) is 0. The predicted octanol–water partition coefficient (Wildman–Crippen LogP) is 3.47. The van der Waals surface area contributed by atoms with E-state index in [1.807, 2.05) is 0 Å². The molecule has 0 radical (unpaired) electrons. The number of unbranched alkanes of at least 4 members (excludes halogenated alkanes) is 4. The molecule has 0 aliphatic heterocycles. The minimum absolute atomic E-state index is 0.552. The Bertz CT molecular complexity index is 432. The van der Waals surface area contributed by atoms with Crippen molar-refractivity contribution in [2.75, 3.05) is 11.9 Å². The van der Waals surface area contributed by atoms with Gasteiger partial charge in [-0.15, -0.1) is 0 Å². The average Bonchev–Trinajstić information content (AvgIpc) is 2.45. The summed E-state index contributed by atoms with van der Waals surface area (Å²) < 4.78 is 0.923. The molecule has 5 heteroatoms. The van der Waals surface area contributed by atoms with Crippen LogP contribution in [0.15, 0.2) is 28.7 Å². The summed E-state index contributed by atoms with van der Waals surface area (Å²) in [6.45, 7) is 2.71. The molecular weight excluding hydrogens is 320 g/mol. The van der Waals surface area contributed by atoms with Crippen LogP contribution in [-0.4, -0.2) is 18.4 Å². The summed E-state index contributed by atoms with van der Waals surface area (Å²) in [6.07, 6.45) is 5.59. The lowest BCUT2D eigenvalue weighted by Gasteiger charge is -2.06. The summed E-state index contributed by atoms with van der Waals surface area (Å²) in [4.78, 5) is 23.2. The van der Waals surface area contributed by atoms with Crippen LogP contribution in [0.25, 0.3) is 0 Å². The Balaban J connectivity index is 2.22. The summed E-state index contributed by atoms with van der Waals surface area (Å²) in [6, 6.07) is 7.09. The number of hydrogen-bond acceptors (Lipinski definition) is 2. The Kier molecular flexibility index (Phi) is 7.95. The Morgan fingerprint density at radius 1 is 1.00 bits per heavy atom. The standard InChI is InChI=1S/C15H21BrN2O2/c1-2-3-4-5-6-11-17-14(19)15(20)18-13-9-7-12(16)8-10-13/h7-10H,2-6,11H2,1H3,(H,17,19)(H,18,20). The molecule has 0 aromatic heterocycles. The van der Waals surface area contributed by atoms with Crippen molar-refractivity contribution in [3.63, 3.8) is 0 Å². The van der Waals surface area contributed by atoms with Crippen LogP contribution in [0.4, 0.5) is 5.69 Å². The van der Waals surface area contributed by atoms with Crippen molar-refractivity contribution in [1.29, 1.82) is 0 Å². The molecule has 0 aliphatic carbocycles. The second-order valence-corrected chi connectivity index (χ2v) is 5.55. The first-order valence-electron chi connectivity index (χ1n) is 6.98. The van der Waals surface area contributed by atoms with E-state index >= 15 is 0 Å². The van der Waals surface area contributed by atoms with E-state index in [1.165, 1.54) is 19.3 Å². The molecule has 110 valence electrons. The summed E-state index contributed by atoms with van der Waals surface area (Å²) >= 11 is 3.31. The van der Waals surface area contributed by atoms with Gasteiger partial charge in [-0.05, 0) is 30.7 Å². The van der Waals surface area contributed by atoms with Crippen LogP contribution >= 0.6 is 15.9 Å². The predicted molar refractivity (Wildman–Crippen MR) is 84.5 cm³/mol. The van der Waals surface area contributed by atoms with Crippen molar-refractivity contribution in [3.8, 4) is 0 Å². The van der Waals surface area contributed by atoms with Crippen LogP contribution in [-0.2, 0) is 9.59 Å². The monoisotopic (exact) mass is 340 g/mol. The molecule has 0 spiro atoms. The maximum Gasteiger partial charge on any atom is 0.313 e. The number of halogens is 1. The SMILES string of the molecule is CCCCCCCNC(=O)C(=O)Nc1ccc(Br)cc1. The first kappa shape index (κ1) is 16.7. The highest BCUT2D eigenvalue weighted by molar-refractivity contribution is 9.10. The second kappa shape index (κ2) is 9.53. The lowest BCUT2D eigenvalue weighted by Crippen LogP contribution is -2.35. The van der Waals surface area contributed by atoms with Gasteiger partial charge in [0.1, 0.15) is 0 Å². The Hall–Kier alpha value is -1.36. The molecule has 4 nitrogen and oxygen atoms in total. The molecule has 20 heavy (non-hydrogen) atoms. The fourth-order valence-corrected chi connectivity index (χ4v) is 2.00. The fraction of sp³-hybridized carbons (Fsp3) is 0.467. The van der Waals surface area contributed by atoms with Crippen LogP contribution in [0.1, 0.15) is 39.0 Å². The molecule has 0 bridgehead atoms. The van der Waals surface area contributed by atoms with Gasteiger partial charge in [-0.3, -0.25) is 9.59 Å². The molecule has 0 aliphatic rings. The highest BCUT2D eigenvalue weighted by Crippen LogP contribution is 2.13. The van der Waals surface area contributed by atoms with E-state index in [0.717, 1.165) is 17.3 Å². The second-order valence-electron chi connectivity index (χ2n) is 4.63. The molecule has 2 amide bonds. The topological polar surface area (TPSA) is 58.2 Å². The minimum atomic E-state index is -0.624. The number of carbonyl (C=O) groups excluding carboxylic acids is 2. The maximum atomic E-state index is 11.6. The summed E-state index contributed by atoms with van der Waals surface area (Å²) in [5.74, 6) is -1.20. The van der Waals surface area contributed by atoms with Crippen LogP contribution < -0.4 is 10.6 Å². The molecule has 0 saturated carbocycles. The minimum Gasteiger partial charge on any atom is -0.348 e. The molecule has 1 rings (SSSR count). The zero-order chi connectivity index (χ0) is 14.8. The number of carbonyl (C=O) groups is 2. The molecule has 1 aromatic carbocycles. The normalized spacial score (nSPS) is 10.1. The van der Waals surface area contributed by atoms with Crippen molar-refractivity contribution in [3.05, 3.63) is 28.7 Å². The van der Waals surface area contributed by atoms with Crippen molar-refractivity contribution >= 4 is 33.4 Å². The third-order valence-corrected chi connectivity index (χ3v) is 3.40. The Labute approximate surface area is 128 Å². The van der Waals surface area contributed by atoms with E-state index in [4.69, 9.17) is 0 Å². The number of benzene rings is 1. The van der Waals surface area contributed by atoms with E-state index in [0.29, 0.717) is 12.2 Å². The summed E-state index contributed by atoms with van der Waals surface area (Å²) in [5.41, 5.74) is 0.608. The molecular formula is C15H21BrN2O2. The lowest BCUT2D eigenvalue weighted by atomic mass is 10.1. The molecule has 0 atom stereocenters. The van der Waals surface area contributed by atoms with Crippen molar-refractivity contribution in [2.24, 2.45) is 0 Å². The van der Waals surface area contributed by atoms with E-state index in [1.54, 1.807) is 24.3 Å². The van der Waals surface area contributed by atoms with Gasteiger partial charge < -0.3 is 10.6 Å². The lowest BCUT2D eigenvalue weighted by molar-refractivity contribution is -0.136. The maximum absolute atomic E-state index is 11.6. The van der Waals surface area contributed by atoms with E-state index in [-0.39, 0.29) is 0 Å². The van der Waals surface area contributed by atoms with Crippen LogP contribution in [0.3, 0.4) is 0 Å². The Morgan fingerprint density at radius 3 is 2.30 bits per heavy atom.